The molecule has 1 aliphatic rings. The maximum absolute atomic E-state index is 11.9. The van der Waals surface area contributed by atoms with E-state index in [1.165, 1.54) is 0 Å². The fraction of sp³-hybridized carbons (Fsp3) is 0.938. The molecule has 0 aromatic heterocycles. The van der Waals surface area contributed by atoms with Gasteiger partial charge < -0.3 is 16.2 Å². The fourth-order valence-electron chi connectivity index (χ4n) is 2.95. The van der Waals surface area contributed by atoms with Crippen LogP contribution in [-0.2, 0) is 4.79 Å². The molecule has 4 N–H and O–H groups in total. The predicted molar refractivity (Wildman–Crippen MR) is 82.3 cm³/mol. The number of hydrogen-bond donors (Lipinski definition) is 3. The van der Waals surface area contributed by atoms with E-state index in [1.54, 1.807) is 0 Å². The largest absolute Gasteiger partial charge is 0.388 e. The Bertz CT molecular complexity index is 286. The Morgan fingerprint density at radius 1 is 1.40 bits per heavy atom. The van der Waals surface area contributed by atoms with Crippen LogP contribution in [-0.4, -0.2) is 29.7 Å². The molecular weight excluding hydrogens is 252 g/mol. The third-order valence-electron chi connectivity index (χ3n) is 4.75. The highest BCUT2D eigenvalue weighted by Crippen LogP contribution is 2.31. The van der Waals surface area contributed by atoms with Crippen molar-refractivity contribution >= 4 is 5.91 Å². The summed E-state index contributed by atoms with van der Waals surface area (Å²) in [6.45, 7) is 5.47. The second-order valence-corrected chi connectivity index (χ2v) is 6.57. The molecule has 1 atom stereocenters. The molecular formula is C16H32N2O2. The van der Waals surface area contributed by atoms with Gasteiger partial charge in [0.05, 0.1) is 5.60 Å². The highest BCUT2D eigenvalue weighted by molar-refractivity contribution is 5.75. The van der Waals surface area contributed by atoms with Crippen LogP contribution in [0.2, 0.25) is 0 Å². The number of nitrogens with one attached hydrogen (secondary N) is 1. The lowest BCUT2D eigenvalue weighted by Gasteiger charge is -2.35. The molecule has 1 unspecified atom stereocenters. The number of rotatable bonds is 8. The zero-order valence-corrected chi connectivity index (χ0v) is 13.2. The number of amides is 1. The Kier molecular flexibility index (Phi) is 7.52. The van der Waals surface area contributed by atoms with E-state index in [-0.39, 0.29) is 5.91 Å². The van der Waals surface area contributed by atoms with Gasteiger partial charge in [-0.1, -0.05) is 20.3 Å². The minimum absolute atomic E-state index is 0.0625. The van der Waals surface area contributed by atoms with E-state index in [0.717, 1.165) is 44.9 Å². The van der Waals surface area contributed by atoms with E-state index in [9.17, 15) is 9.90 Å². The molecule has 1 amide bonds. The van der Waals surface area contributed by atoms with Gasteiger partial charge in [0.25, 0.3) is 0 Å². The van der Waals surface area contributed by atoms with Crippen LogP contribution in [0.1, 0.15) is 65.2 Å². The highest BCUT2D eigenvalue weighted by atomic mass is 16.3. The summed E-state index contributed by atoms with van der Waals surface area (Å²) in [5.41, 5.74) is 4.89. The predicted octanol–water partition coefficient (Wildman–Crippen LogP) is 2.20. The van der Waals surface area contributed by atoms with Gasteiger partial charge >= 0.3 is 0 Å². The van der Waals surface area contributed by atoms with E-state index >= 15 is 0 Å². The van der Waals surface area contributed by atoms with Gasteiger partial charge in [0, 0.05) is 13.0 Å². The average Bonchev–Trinajstić information content (AvgIpc) is 2.45. The van der Waals surface area contributed by atoms with Crippen molar-refractivity contribution in [2.75, 3.05) is 13.1 Å². The molecule has 0 aromatic rings. The van der Waals surface area contributed by atoms with Crippen LogP contribution < -0.4 is 11.1 Å². The van der Waals surface area contributed by atoms with Crippen LogP contribution in [0.4, 0.5) is 0 Å². The summed E-state index contributed by atoms with van der Waals surface area (Å²) >= 11 is 0. The lowest BCUT2D eigenvalue weighted by atomic mass is 9.79. The first kappa shape index (κ1) is 17.4. The molecule has 20 heavy (non-hydrogen) atoms. The average molecular weight is 284 g/mol. The van der Waals surface area contributed by atoms with Crippen molar-refractivity contribution in [2.24, 2.45) is 17.6 Å². The standard InChI is InChI=1S/C16H32N2O2/c1-3-14(8-11-17)4-5-15(19)18-12-16(20)9-6-13(2)7-10-16/h13-14,20H,3-12,17H2,1-2H3,(H,18,19). The van der Waals surface area contributed by atoms with Gasteiger partial charge in [-0.25, -0.2) is 0 Å². The van der Waals surface area contributed by atoms with Crippen LogP contribution in [0.25, 0.3) is 0 Å². The normalized spacial score (nSPS) is 28.1. The number of nitrogens with two attached hydrogens (primary N) is 1. The minimum atomic E-state index is -0.677. The Balaban J connectivity index is 2.22. The summed E-state index contributed by atoms with van der Waals surface area (Å²) in [6, 6.07) is 0. The molecule has 0 spiro atoms. The first-order valence-corrected chi connectivity index (χ1v) is 8.18. The molecule has 4 nitrogen and oxygen atoms in total. The molecule has 0 heterocycles. The second kappa shape index (κ2) is 8.63. The van der Waals surface area contributed by atoms with Crippen LogP contribution in [0.3, 0.4) is 0 Å². The lowest BCUT2D eigenvalue weighted by molar-refractivity contribution is -0.123. The summed E-state index contributed by atoms with van der Waals surface area (Å²) in [4.78, 5) is 11.9. The van der Waals surface area contributed by atoms with Gasteiger partial charge in [0.1, 0.15) is 0 Å². The Morgan fingerprint density at radius 2 is 2.05 bits per heavy atom. The highest BCUT2D eigenvalue weighted by Gasteiger charge is 2.31. The molecule has 1 saturated carbocycles. The van der Waals surface area contributed by atoms with Crippen molar-refractivity contribution in [3.8, 4) is 0 Å². The van der Waals surface area contributed by atoms with Crippen LogP contribution in [0, 0.1) is 11.8 Å². The third-order valence-corrected chi connectivity index (χ3v) is 4.75. The number of aliphatic hydroxyl groups is 1. The summed E-state index contributed by atoms with van der Waals surface area (Å²) in [5, 5.41) is 13.3. The Labute approximate surface area is 123 Å². The first-order chi connectivity index (χ1) is 9.49. The van der Waals surface area contributed by atoms with E-state index in [4.69, 9.17) is 5.73 Å². The minimum Gasteiger partial charge on any atom is -0.388 e. The van der Waals surface area contributed by atoms with E-state index in [2.05, 4.69) is 19.2 Å². The van der Waals surface area contributed by atoms with E-state index in [1.807, 2.05) is 0 Å². The number of carbonyl (C=O) groups excluding carboxylic acids is 1. The van der Waals surface area contributed by atoms with E-state index in [0.29, 0.717) is 31.3 Å². The molecule has 1 rings (SSSR count). The molecule has 0 aliphatic heterocycles. The Morgan fingerprint density at radius 3 is 2.60 bits per heavy atom. The third kappa shape index (κ3) is 6.23. The van der Waals surface area contributed by atoms with Crippen LogP contribution >= 0.6 is 0 Å². The lowest BCUT2D eigenvalue weighted by Crippen LogP contribution is -2.45. The van der Waals surface area contributed by atoms with E-state index < -0.39 is 5.60 Å². The van der Waals surface area contributed by atoms with Crippen LogP contribution in [0.15, 0.2) is 0 Å². The Hall–Kier alpha value is -0.610. The van der Waals surface area contributed by atoms with Crippen molar-refractivity contribution in [3.05, 3.63) is 0 Å². The quantitative estimate of drug-likeness (QED) is 0.639. The zero-order valence-electron chi connectivity index (χ0n) is 13.2. The van der Waals surface area contributed by atoms with Crippen LogP contribution in [0.5, 0.6) is 0 Å². The summed E-state index contributed by atoms with van der Waals surface area (Å²) in [6.07, 6.45) is 7.23. The summed E-state index contributed by atoms with van der Waals surface area (Å²) < 4.78 is 0. The van der Waals surface area contributed by atoms with Crippen molar-refractivity contribution in [2.45, 2.75) is 70.8 Å². The molecule has 118 valence electrons. The molecule has 1 aliphatic carbocycles. The van der Waals surface area contributed by atoms with Gasteiger partial charge in [-0.3, -0.25) is 4.79 Å². The summed E-state index contributed by atoms with van der Waals surface area (Å²) in [7, 11) is 0. The monoisotopic (exact) mass is 284 g/mol. The number of carbonyl (C=O) groups is 1. The van der Waals surface area contributed by atoms with Gasteiger partial charge in [-0.15, -0.1) is 0 Å². The molecule has 0 radical (unpaired) electrons. The van der Waals surface area contributed by atoms with Gasteiger partial charge in [0.2, 0.25) is 5.91 Å². The second-order valence-electron chi connectivity index (χ2n) is 6.57. The van der Waals surface area contributed by atoms with Crippen molar-refractivity contribution < 1.29 is 9.90 Å². The maximum Gasteiger partial charge on any atom is 0.220 e. The SMILES string of the molecule is CCC(CCN)CCC(=O)NCC1(O)CCC(C)CC1. The van der Waals surface area contributed by atoms with Gasteiger partial charge in [-0.2, -0.15) is 0 Å². The summed E-state index contributed by atoms with van der Waals surface area (Å²) in [5.74, 6) is 1.31. The molecule has 0 aromatic carbocycles. The topological polar surface area (TPSA) is 75.4 Å². The first-order valence-electron chi connectivity index (χ1n) is 8.18. The smallest absolute Gasteiger partial charge is 0.220 e. The molecule has 4 heteroatoms. The van der Waals surface area contributed by atoms with Crippen molar-refractivity contribution in [1.29, 1.82) is 0 Å². The fourth-order valence-corrected chi connectivity index (χ4v) is 2.95. The van der Waals surface area contributed by atoms with Gasteiger partial charge in [-0.05, 0) is 56.9 Å². The zero-order chi connectivity index (χ0) is 15.0. The number of hydrogen-bond acceptors (Lipinski definition) is 3. The van der Waals surface area contributed by atoms with Crippen molar-refractivity contribution in [1.82, 2.24) is 5.32 Å². The molecule has 0 saturated heterocycles. The van der Waals surface area contributed by atoms with Gasteiger partial charge in [0.15, 0.2) is 0 Å². The van der Waals surface area contributed by atoms with Crippen molar-refractivity contribution in [3.63, 3.8) is 0 Å². The molecule has 1 fully saturated rings. The molecule has 0 bridgehead atoms. The maximum atomic E-state index is 11.9.